The lowest BCUT2D eigenvalue weighted by molar-refractivity contribution is -0.0000118. The van der Waals surface area contributed by atoms with Crippen LogP contribution in [0.4, 0.5) is 0 Å². The van der Waals surface area contributed by atoms with Crippen molar-refractivity contribution >= 4 is 36.8 Å². The lowest BCUT2D eigenvalue weighted by atomic mass is 10.1. The Balaban J connectivity index is 0.00000552. The maximum Gasteiger partial charge on any atom is 0.186 e. The number of phenols is 1. The molecule has 0 heterocycles. The van der Waals surface area contributed by atoms with Gasteiger partial charge in [0.1, 0.15) is 28.9 Å². The second-order valence-electron chi connectivity index (χ2n) is 12.7. The molecule has 0 radical (unpaired) electrons. The fraction of sp³-hybridized carbons (Fsp3) is 0.385. The molecule has 0 unspecified atom stereocenters. The first-order valence-electron chi connectivity index (χ1n) is 16.4. The van der Waals surface area contributed by atoms with Crippen LogP contribution < -0.4 is 42.9 Å². The van der Waals surface area contributed by atoms with E-state index in [1.54, 1.807) is 6.07 Å². The van der Waals surface area contributed by atoms with Gasteiger partial charge in [-0.05, 0) is 102 Å². The summed E-state index contributed by atoms with van der Waals surface area (Å²) in [5, 5.41) is 15.7. The monoisotopic (exact) mass is 706 g/mol. The molecule has 1 N–H and O–H groups in total. The number of ether oxygens (including phenoxy) is 1. The van der Waals surface area contributed by atoms with Crippen LogP contribution in [0.1, 0.15) is 62.1 Å². The number of hydrogen-bond donors (Lipinski definition) is 1. The fourth-order valence-corrected chi connectivity index (χ4v) is 12.4. The second kappa shape index (κ2) is 17.5. The van der Waals surface area contributed by atoms with Crippen LogP contribution >= 0.6 is 7.26 Å². The summed E-state index contributed by atoms with van der Waals surface area (Å²) >= 11 is 0. The minimum absolute atomic E-state index is 0. The molecule has 0 aliphatic rings. The van der Waals surface area contributed by atoms with Crippen molar-refractivity contribution in [3.8, 4) is 11.5 Å². The lowest BCUT2D eigenvalue weighted by Crippen LogP contribution is -3.00. The largest absolute Gasteiger partial charge is 1.00 e. The van der Waals surface area contributed by atoms with Gasteiger partial charge in [-0.1, -0.05) is 85.2 Å². The molecule has 0 saturated carbocycles. The van der Waals surface area contributed by atoms with E-state index in [0.717, 1.165) is 30.5 Å². The average molecular weight is 708 g/mol. The van der Waals surface area contributed by atoms with Crippen molar-refractivity contribution in [2.75, 3.05) is 13.2 Å². The SMILES string of the molecule is CCO[Si](C)(C)CCCCCCCCOc1ccc(O)cc1[P+](c1ccc(C)cc1)(c1ccc(C)cc1)c1ccc(C)cc1.[Br-]. The van der Waals surface area contributed by atoms with Gasteiger partial charge in [0.2, 0.25) is 0 Å². The Morgan fingerprint density at radius 3 is 1.53 bits per heavy atom. The molecule has 242 valence electrons. The molecule has 0 saturated heterocycles. The van der Waals surface area contributed by atoms with Gasteiger partial charge in [0.15, 0.2) is 19.4 Å². The minimum atomic E-state index is -2.41. The van der Waals surface area contributed by atoms with Gasteiger partial charge in [0.25, 0.3) is 0 Å². The quantitative estimate of drug-likeness (QED) is 0.0896. The van der Waals surface area contributed by atoms with E-state index in [2.05, 4.69) is 114 Å². The molecule has 4 rings (SSSR count). The summed E-state index contributed by atoms with van der Waals surface area (Å²) in [5.41, 5.74) is 3.69. The molecule has 0 aromatic heterocycles. The van der Waals surface area contributed by atoms with Crippen LogP contribution in [0.15, 0.2) is 91.0 Å². The van der Waals surface area contributed by atoms with Crippen molar-refractivity contribution in [1.29, 1.82) is 0 Å². The zero-order valence-corrected chi connectivity index (χ0v) is 31.6. The van der Waals surface area contributed by atoms with E-state index in [-0.39, 0.29) is 22.7 Å². The Morgan fingerprint density at radius 2 is 1.07 bits per heavy atom. The third kappa shape index (κ3) is 9.78. The number of aryl methyl sites for hydroxylation is 3. The first kappa shape index (κ1) is 37.0. The lowest BCUT2D eigenvalue weighted by Gasteiger charge is -2.29. The van der Waals surface area contributed by atoms with Crippen LogP contribution in [0.3, 0.4) is 0 Å². The van der Waals surface area contributed by atoms with Crippen LogP contribution in [0.25, 0.3) is 0 Å². The van der Waals surface area contributed by atoms with E-state index >= 15 is 0 Å². The molecule has 4 aromatic rings. The van der Waals surface area contributed by atoms with E-state index in [0.29, 0.717) is 6.61 Å². The zero-order chi connectivity index (χ0) is 31.6. The summed E-state index contributed by atoms with van der Waals surface area (Å²) in [4.78, 5) is 0. The molecule has 0 atom stereocenters. The molecule has 0 bridgehead atoms. The highest BCUT2D eigenvalue weighted by atomic mass is 79.9. The molecular weight excluding hydrogens is 655 g/mol. The Labute approximate surface area is 284 Å². The van der Waals surface area contributed by atoms with Crippen molar-refractivity contribution in [2.45, 2.75) is 85.4 Å². The topological polar surface area (TPSA) is 38.7 Å². The van der Waals surface area contributed by atoms with E-state index in [4.69, 9.17) is 9.16 Å². The number of halogens is 1. The second-order valence-corrected chi connectivity index (χ2v) is 20.4. The molecule has 0 aliphatic heterocycles. The van der Waals surface area contributed by atoms with E-state index in [1.165, 1.54) is 64.3 Å². The standard InChI is InChI=1S/C39H51O3PSi.BrH/c1-7-42-44(5,6)29-13-11-9-8-10-12-28-41-38-27-20-34(40)30-39(38)43(35-21-14-31(2)15-22-35,36-23-16-32(3)17-24-36)37-25-18-33(4)19-26-37;/h14-27,30H,7-13,28-29H2,1-6H3;1H. The summed E-state index contributed by atoms with van der Waals surface area (Å²) in [6.45, 7) is 14.7. The minimum Gasteiger partial charge on any atom is -1.00 e. The number of aromatic hydroxyl groups is 1. The molecule has 0 spiro atoms. The van der Waals surface area contributed by atoms with Gasteiger partial charge in [-0.25, -0.2) is 0 Å². The Bertz CT molecular complexity index is 1340. The number of rotatable bonds is 16. The van der Waals surface area contributed by atoms with Crippen molar-refractivity contribution in [1.82, 2.24) is 0 Å². The van der Waals surface area contributed by atoms with Crippen molar-refractivity contribution < 1.29 is 31.3 Å². The van der Waals surface area contributed by atoms with Crippen LogP contribution in [0.5, 0.6) is 11.5 Å². The Morgan fingerprint density at radius 1 is 0.622 bits per heavy atom. The van der Waals surface area contributed by atoms with Crippen LogP contribution in [0.2, 0.25) is 19.1 Å². The smallest absolute Gasteiger partial charge is 0.186 e. The van der Waals surface area contributed by atoms with Crippen LogP contribution in [-0.2, 0) is 4.43 Å². The first-order valence-corrected chi connectivity index (χ1v) is 21.3. The van der Waals surface area contributed by atoms with Crippen molar-refractivity contribution in [3.63, 3.8) is 0 Å². The highest BCUT2D eigenvalue weighted by Gasteiger charge is 2.50. The zero-order valence-electron chi connectivity index (χ0n) is 28.1. The molecule has 4 aromatic carbocycles. The summed E-state index contributed by atoms with van der Waals surface area (Å²) in [6.07, 6.45) is 7.23. The highest BCUT2D eigenvalue weighted by Crippen LogP contribution is 2.56. The van der Waals surface area contributed by atoms with E-state index < -0.39 is 15.6 Å². The van der Waals surface area contributed by atoms with Gasteiger partial charge in [-0.15, -0.1) is 0 Å². The van der Waals surface area contributed by atoms with Crippen LogP contribution in [0, 0.1) is 20.8 Å². The normalized spacial score (nSPS) is 11.7. The predicted molar refractivity (Wildman–Crippen MR) is 194 cm³/mol. The Hall–Kier alpha value is -2.43. The average Bonchev–Trinajstić information content (AvgIpc) is 3.00. The molecular formula is C39H52BrO3PSi. The van der Waals surface area contributed by atoms with E-state index in [1.807, 2.05) is 12.1 Å². The molecule has 0 fully saturated rings. The van der Waals surface area contributed by atoms with Crippen LogP contribution in [-0.4, -0.2) is 26.6 Å². The van der Waals surface area contributed by atoms with Gasteiger partial charge in [0.05, 0.1) is 6.61 Å². The van der Waals surface area contributed by atoms with Gasteiger partial charge in [-0.3, -0.25) is 0 Å². The molecule has 0 amide bonds. The van der Waals surface area contributed by atoms with Crippen molar-refractivity contribution in [2.24, 2.45) is 0 Å². The van der Waals surface area contributed by atoms with Gasteiger partial charge in [0, 0.05) is 12.7 Å². The molecule has 3 nitrogen and oxygen atoms in total. The number of unbranched alkanes of at least 4 members (excludes halogenated alkanes) is 5. The summed E-state index contributed by atoms with van der Waals surface area (Å²) in [5.74, 6) is 1.12. The molecule has 45 heavy (non-hydrogen) atoms. The van der Waals surface area contributed by atoms with E-state index in [9.17, 15) is 5.11 Å². The van der Waals surface area contributed by atoms with Gasteiger partial charge in [-0.2, -0.15) is 0 Å². The first-order chi connectivity index (χ1) is 21.2. The number of benzene rings is 4. The maximum absolute atomic E-state index is 10.9. The third-order valence-electron chi connectivity index (χ3n) is 8.53. The summed E-state index contributed by atoms with van der Waals surface area (Å²) < 4.78 is 12.6. The fourth-order valence-electron chi connectivity index (χ4n) is 6.06. The molecule has 6 heteroatoms. The molecule has 0 aliphatic carbocycles. The number of phenolic OH excluding ortho intramolecular Hbond substituents is 1. The number of hydrogen-bond acceptors (Lipinski definition) is 3. The predicted octanol–water partition coefficient (Wildman–Crippen LogP) is 5.90. The van der Waals surface area contributed by atoms with Crippen molar-refractivity contribution in [3.05, 3.63) is 108 Å². The van der Waals surface area contributed by atoms with Gasteiger partial charge >= 0.3 is 0 Å². The maximum atomic E-state index is 10.9. The summed E-state index contributed by atoms with van der Waals surface area (Å²) in [6, 6.07) is 33.8. The van der Waals surface area contributed by atoms with Gasteiger partial charge < -0.3 is 31.3 Å². The summed E-state index contributed by atoms with van der Waals surface area (Å²) in [7, 11) is -3.88. The Kier molecular flexibility index (Phi) is 14.4. The third-order valence-corrected chi connectivity index (χ3v) is 15.5. The highest BCUT2D eigenvalue weighted by molar-refractivity contribution is 8.01.